The highest BCUT2D eigenvalue weighted by Crippen LogP contribution is 2.50. The van der Waals surface area contributed by atoms with Crippen LogP contribution in [0.4, 0.5) is 34.1 Å². The minimum atomic E-state index is -0.0458. The monoisotopic (exact) mass is 781 g/mol. The Bertz CT molecular complexity index is 2540. The number of benzene rings is 6. The molecule has 6 aromatic rings. The molecule has 1 fully saturated rings. The predicted octanol–water partition coefficient (Wildman–Crippen LogP) is 16.5. The molecule has 7 rings (SSSR count). The Hall–Kier alpha value is -5.08. The molecule has 0 saturated heterocycles. The van der Waals surface area contributed by atoms with Gasteiger partial charge in [-0.2, -0.15) is 0 Å². The Morgan fingerprint density at radius 1 is 0.305 bits per heavy atom. The van der Waals surface area contributed by atoms with Gasteiger partial charge in [0.25, 0.3) is 0 Å². The Kier molecular flexibility index (Phi) is 11.5. The summed E-state index contributed by atoms with van der Waals surface area (Å²) in [5.74, 6) is 0. The Morgan fingerprint density at radius 3 is 1.08 bits per heavy atom. The molecule has 1 saturated carbocycles. The molecule has 0 amide bonds. The number of anilines is 6. The smallest absolute Gasteiger partial charge is 0.0523 e. The van der Waals surface area contributed by atoms with Crippen molar-refractivity contribution in [1.29, 1.82) is 0 Å². The maximum atomic E-state index is 2.57. The van der Waals surface area contributed by atoms with E-state index in [1.165, 1.54) is 148 Å². The van der Waals surface area contributed by atoms with Crippen LogP contribution >= 0.6 is 0 Å². The van der Waals surface area contributed by atoms with Crippen molar-refractivity contribution in [2.75, 3.05) is 9.80 Å². The summed E-state index contributed by atoms with van der Waals surface area (Å²) in [5, 5.41) is 0. The van der Waals surface area contributed by atoms with Crippen molar-refractivity contribution < 1.29 is 0 Å². The van der Waals surface area contributed by atoms with Gasteiger partial charge in [0, 0.05) is 33.9 Å². The van der Waals surface area contributed by atoms with Gasteiger partial charge >= 0.3 is 0 Å². The SMILES string of the molecule is Cc1cc(C)c(N(c2ccc(C3(c4ccc(N(c5cc(C)c(C)cc5C)c5c(C)cc(C)c(C)c5C)c(C)c4)CCCCC3)cc2C)c2cc(C)c(C)cc2C)cc1C. The Balaban J connectivity index is 1.39. The van der Waals surface area contributed by atoms with Crippen LogP contribution in [0, 0.1) is 104 Å². The molecule has 0 N–H and O–H groups in total. The average Bonchev–Trinajstić information content (AvgIpc) is 3.19. The van der Waals surface area contributed by atoms with Crippen LogP contribution in [0.5, 0.6) is 0 Å². The Labute approximate surface area is 357 Å². The fourth-order valence-electron chi connectivity index (χ4n) is 10.2. The van der Waals surface area contributed by atoms with Gasteiger partial charge < -0.3 is 9.80 Å². The zero-order valence-corrected chi connectivity index (χ0v) is 38.9. The number of hydrogen-bond acceptors (Lipinski definition) is 2. The van der Waals surface area contributed by atoms with Crippen LogP contribution in [-0.4, -0.2) is 0 Å². The van der Waals surface area contributed by atoms with Gasteiger partial charge in [-0.25, -0.2) is 0 Å². The van der Waals surface area contributed by atoms with Gasteiger partial charge in [0.05, 0.1) is 5.69 Å². The van der Waals surface area contributed by atoms with Crippen molar-refractivity contribution >= 4 is 34.1 Å². The fraction of sp³-hybridized carbons (Fsp3) is 0.368. The van der Waals surface area contributed by atoms with E-state index < -0.39 is 0 Å². The van der Waals surface area contributed by atoms with E-state index in [0.29, 0.717) is 0 Å². The number of aryl methyl sites for hydroxylation is 13. The molecule has 0 bridgehead atoms. The topological polar surface area (TPSA) is 6.48 Å². The van der Waals surface area contributed by atoms with Crippen molar-refractivity contribution in [3.8, 4) is 0 Å². The summed E-state index contributed by atoms with van der Waals surface area (Å²) < 4.78 is 0. The second kappa shape index (κ2) is 16.2. The Morgan fingerprint density at radius 2 is 0.661 bits per heavy atom. The lowest BCUT2D eigenvalue weighted by Crippen LogP contribution is -2.31. The lowest BCUT2D eigenvalue weighted by atomic mass is 9.65. The molecule has 0 spiro atoms. The zero-order valence-electron chi connectivity index (χ0n) is 38.9. The molecule has 0 aromatic heterocycles. The summed E-state index contributed by atoms with van der Waals surface area (Å²) in [6.45, 7) is 34.0. The van der Waals surface area contributed by atoms with Crippen LogP contribution in [-0.2, 0) is 5.41 Å². The lowest BCUT2D eigenvalue weighted by Gasteiger charge is -2.40. The molecule has 2 heteroatoms. The average molecular weight is 781 g/mol. The van der Waals surface area contributed by atoms with Gasteiger partial charge in [-0.3, -0.25) is 0 Å². The third-order valence-electron chi connectivity index (χ3n) is 14.4. The van der Waals surface area contributed by atoms with Gasteiger partial charge in [0.1, 0.15) is 0 Å². The van der Waals surface area contributed by atoms with Crippen LogP contribution in [0.1, 0.15) is 127 Å². The van der Waals surface area contributed by atoms with Crippen LogP contribution < -0.4 is 9.80 Å². The van der Waals surface area contributed by atoms with E-state index in [9.17, 15) is 0 Å². The molecule has 0 radical (unpaired) electrons. The van der Waals surface area contributed by atoms with Gasteiger partial charge in [-0.15, -0.1) is 0 Å². The molecular weight excluding hydrogens is 713 g/mol. The molecule has 0 atom stereocenters. The highest BCUT2D eigenvalue weighted by Gasteiger charge is 2.37. The summed E-state index contributed by atoms with van der Waals surface area (Å²) in [5.41, 5.74) is 30.3. The first-order valence-electron chi connectivity index (χ1n) is 22.1. The van der Waals surface area contributed by atoms with Gasteiger partial charge in [0.15, 0.2) is 0 Å². The van der Waals surface area contributed by atoms with E-state index in [-0.39, 0.29) is 5.41 Å². The van der Waals surface area contributed by atoms with Crippen LogP contribution in [0.2, 0.25) is 0 Å². The molecule has 2 nitrogen and oxygen atoms in total. The zero-order chi connectivity index (χ0) is 42.7. The summed E-state index contributed by atoms with van der Waals surface area (Å²) in [7, 11) is 0. The molecule has 306 valence electrons. The molecule has 0 heterocycles. The van der Waals surface area contributed by atoms with E-state index >= 15 is 0 Å². The first-order valence-corrected chi connectivity index (χ1v) is 22.1. The molecular formula is C57H68N2. The standard InChI is InChI=1S/C57H68N2/c1-34-25-41(8)53(31-37(34)4)58(54-32-38(5)35(2)26-42(54)9)51-21-19-49(29-44(51)11)57(23-17-16-18-24-57)50-20-22-52(45(12)30-50)59(55-33-39(6)36(3)27-43(55)10)56-46(13)28-40(7)47(14)48(56)15/h19-22,25-33H,16-18,23-24H2,1-15H3. The molecule has 59 heavy (non-hydrogen) atoms. The van der Waals surface area contributed by atoms with Gasteiger partial charge in [-0.1, -0.05) is 67.8 Å². The van der Waals surface area contributed by atoms with Gasteiger partial charge in [-0.05, 0) is 242 Å². The largest absolute Gasteiger partial charge is 0.310 e. The number of rotatable bonds is 8. The summed E-state index contributed by atoms with van der Waals surface area (Å²) in [4.78, 5) is 5.11. The predicted molar refractivity (Wildman–Crippen MR) is 257 cm³/mol. The quantitative estimate of drug-likeness (QED) is 0.152. The second-order valence-corrected chi connectivity index (χ2v) is 18.6. The van der Waals surface area contributed by atoms with Gasteiger partial charge in [0.2, 0.25) is 0 Å². The van der Waals surface area contributed by atoms with Crippen molar-refractivity contribution in [2.45, 2.75) is 141 Å². The minimum Gasteiger partial charge on any atom is -0.310 e. The summed E-state index contributed by atoms with van der Waals surface area (Å²) >= 11 is 0. The van der Waals surface area contributed by atoms with Crippen LogP contribution in [0.25, 0.3) is 0 Å². The first-order chi connectivity index (χ1) is 27.9. The highest BCUT2D eigenvalue weighted by molar-refractivity contribution is 5.86. The number of nitrogens with zero attached hydrogens (tertiary/aromatic N) is 2. The first kappa shape index (κ1) is 42.1. The van der Waals surface area contributed by atoms with Crippen molar-refractivity contribution in [2.24, 2.45) is 0 Å². The highest BCUT2D eigenvalue weighted by atomic mass is 15.2. The third kappa shape index (κ3) is 7.54. The van der Waals surface area contributed by atoms with Crippen molar-refractivity contribution in [1.82, 2.24) is 0 Å². The fourth-order valence-corrected chi connectivity index (χ4v) is 10.2. The van der Waals surface area contributed by atoms with E-state index in [2.05, 4.69) is 193 Å². The molecule has 1 aliphatic carbocycles. The maximum Gasteiger partial charge on any atom is 0.0523 e. The minimum absolute atomic E-state index is 0.0458. The van der Waals surface area contributed by atoms with E-state index in [4.69, 9.17) is 0 Å². The van der Waals surface area contributed by atoms with Crippen LogP contribution in [0.3, 0.4) is 0 Å². The lowest BCUT2D eigenvalue weighted by molar-refractivity contribution is 0.346. The van der Waals surface area contributed by atoms with Crippen molar-refractivity contribution in [3.63, 3.8) is 0 Å². The third-order valence-corrected chi connectivity index (χ3v) is 14.4. The number of hydrogen-bond donors (Lipinski definition) is 0. The second-order valence-electron chi connectivity index (χ2n) is 18.6. The molecule has 6 aromatic carbocycles. The van der Waals surface area contributed by atoms with Crippen molar-refractivity contribution in [3.05, 3.63) is 173 Å². The van der Waals surface area contributed by atoms with E-state index in [1.807, 2.05) is 0 Å². The maximum absolute atomic E-state index is 2.57. The normalized spacial score (nSPS) is 13.8. The summed E-state index contributed by atoms with van der Waals surface area (Å²) in [6.07, 6.45) is 6.11. The molecule has 0 aliphatic heterocycles. The van der Waals surface area contributed by atoms with Crippen LogP contribution in [0.15, 0.2) is 78.9 Å². The van der Waals surface area contributed by atoms with E-state index in [1.54, 1.807) is 0 Å². The van der Waals surface area contributed by atoms with E-state index in [0.717, 1.165) is 12.8 Å². The molecule has 0 unspecified atom stereocenters. The summed E-state index contributed by atoms with van der Waals surface area (Å²) in [6, 6.07) is 31.5. The molecule has 1 aliphatic rings.